The van der Waals surface area contributed by atoms with Gasteiger partial charge >= 0.3 is 0 Å². The number of benzene rings is 1. The van der Waals surface area contributed by atoms with E-state index in [4.69, 9.17) is 5.73 Å². The Morgan fingerprint density at radius 3 is 2.73 bits per heavy atom. The third kappa shape index (κ3) is 5.78. The molecule has 45 heavy (non-hydrogen) atoms. The summed E-state index contributed by atoms with van der Waals surface area (Å²) in [5, 5.41) is 5.87. The van der Waals surface area contributed by atoms with Gasteiger partial charge in [0.15, 0.2) is 0 Å². The second-order valence-electron chi connectivity index (χ2n) is 12.2. The van der Waals surface area contributed by atoms with Gasteiger partial charge in [0.05, 0.1) is 17.5 Å². The molecule has 1 spiro atoms. The van der Waals surface area contributed by atoms with Gasteiger partial charge in [-0.3, -0.25) is 19.4 Å². The zero-order valence-electron chi connectivity index (χ0n) is 25.4. The highest BCUT2D eigenvalue weighted by Gasteiger charge is 2.52. The second kappa shape index (κ2) is 12.7. The van der Waals surface area contributed by atoms with Crippen molar-refractivity contribution < 1.29 is 19.2 Å². The highest BCUT2D eigenvalue weighted by Crippen LogP contribution is 2.46. The molecule has 10 nitrogen and oxygen atoms in total. The number of likely N-dealkylation sites (tertiary alicyclic amines) is 1. The highest BCUT2D eigenvalue weighted by atomic mass is 16.2. The molecule has 2 aliphatic heterocycles. The fourth-order valence-corrected chi connectivity index (χ4v) is 6.99. The smallest absolute Gasteiger partial charge is 0.253 e. The number of aldehydes is 1. The van der Waals surface area contributed by atoms with Crippen LogP contribution in [0.5, 0.6) is 0 Å². The standard InChI is InChI=1S/C35H38N6O4/c1-22-27(24-10-6-4-7-11-24)17-29(33(44)41(22)13-14-42)39-32(43)26-16-25-18-35(19-30(25)37-21-26)28-15-23(9-5-2-3-8-12-36)20-38-31(28)40-34(35)45/h4-7,9-11,14-16,20-22,27,29H,2-3,8,12-13,17-19,36H2,1H3,(H,39,43)(H,38,40,45)/b9-5+/t22?,27?,29?,35-/m0/s1. The second-order valence-corrected chi connectivity index (χ2v) is 12.2. The van der Waals surface area contributed by atoms with E-state index in [1.807, 2.05) is 49.4 Å². The minimum absolute atomic E-state index is 0.0393. The number of amides is 3. The number of rotatable bonds is 10. The van der Waals surface area contributed by atoms with E-state index >= 15 is 0 Å². The van der Waals surface area contributed by atoms with Crippen LogP contribution in [0, 0.1) is 0 Å². The highest BCUT2D eigenvalue weighted by molar-refractivity contribution is 6.06. The van der Waals surface area contributed by atoms with E-state index in [0.717, 1.165) is 53.5 Å². The molecule has 4 N–H and O–H groups in total. The normalized spacial score (nSPS) is 23.7. The first-order valence-electron chi connectivity index (χ1n) is 15.6. The van der Waals surface area contributed by atoms with Crippen LogP contribution < -0.4 is 16.4 Å². The van der Waals surface area contributed by atoms with Gasteiger partial charge in [-0.2, -0.15) is 0 Å². The number of nitrogens with one attached hydrogen (secondary N) is 2. The van der Waals surface area contributed by atoms with E-state index in [-0.39, 0.29) is 30.3 Å². The molecule has 3 aliphatic rings. The number of allylic oxidation sites excluding steroid dienone is 1. The average Bonchev–Trinajstić information content (AvgIpc) is 3.57. The lowest BCUT2D eigenvalue weighted by Gasteiger charge is -2.42. The van der Waals surface area contributed by atoms with Crippen LogP contribution in [-0.4, -0.2) is 64.0 Å². The molecule has 4 heterocycles. The minimum Gasteiger partial charge on any atom is -0.340 e. The van der Waals surface area contributed by atoms with Crippen molar-refractivity contribution in [2.24, 2.45) is 5.73 Å². The largest absolute Gasteiger partial charge is 0.340 e. The van der Waals surface area contributed by atoms with Gasteiger partial charge in [0, 0.05) is 42.0 Å². The summed E-state index contributed by atoms with van der Waals surface area (Å²) in [6, 6.07) is 12.6. The minimum atomic E-state index is -0.843. The van der Waals surface area contributed by atoms with Crippen LogP contribution in [-0.2, 0) is 32.6 Å². The summed E-state index contributed by atoms with van der Waals surface area (Å²) in [6.45, 7) is 2.57. The molecule has 10 heteroatoms. The Bertz CT molecular complexity index is 1660. The van der Waals surface area contributed by atoms with Crippen molar-refractivity contribution in [3.63, 3.8) is 0 Å². The third-order valence-corrected chi connectivity index (χ3v) is 9.46. The van der Waals surface area contributed by atoms with Crippen LogP contribution in [0.4, 0.5) is 5.82 Å². The molecule has 0 radical (unpaired) electrons. The summed E-state index contributed by atoms with van der Waals surface area (Å²) in [4.78, 5) is 62.4. The van der Waals surface area contributed by atoms with E-state index < -0.39 is 17.4 Å². The Morgan fingerprint density at radius 2 is 1.96 bits per heavy atom. The number of nitrogens with two attached hydrogens (primary N) is 1. The first-order valence-corrected chi connectivity index (χ1v) is 15.6. The molecule has 1 aliphatic carbocycles. The molecular formula is C35H38N6O4. The summed E-state index contributed by atoms with van der Waals surface area (Å²) in [5.74, 6) is -0.310. The number of anilines is 1. The number of pyridine rings is 2. The summed E-state index contributed by atoms with van der Waals surface area (Å²) in [7, 11) is 0. The first kappa shape index (κ1) is 30.3. The molecule has 3 aromatic rings. The maximum Gasteiger partial charge on any atom is 0.253 e. The van der Waals surface area contributed by atoms with Gasteiger partial charge in [-0.25, -0.2) is 4.98 Å². The topological polar surface area (TPSA) is 147 Å². The summed E-state index contributed by atoms with van der Waals surface area (Å²) >= 11 is 0. The lowest BCUT2D eigenvalue weighted by Crippen LogP contribution is -2.58. The maximum absolute atomic E-state index is 13.5. The van der Waals surface area contributed by atoms with Gasteiger partial charge in [-0.15, -0.1) is 0 Å². The SMILES string of the molecule is CC1C(c2ccccc2)CC(NC(=O)c2cnc3c(c2)C[C@@]2(C3)C(=O)Nc3ncc(/C=C/CCCCN)cc32)C(=O)N1CC=O. The molecule has 2 aromatic heterocycles. The quantitative estimate of drug-likeness (QED) is 0.237. The van der Waals surface area contributed by atoms with Crippen molar-refractivity contribution >= 4 is 35.9 Å². The number of carbonyl (C=O) groups excluding carboxylic acids is 4. The Morgan fingerprint density at radius 1 is 1.13 bits per heavy atom. The van der Waals surface area contributed by atoms with Crippen molar-refractivity contribution in [1.29, 1.82) is 0 Å². The fraction of sp³-hybridized carbons (Fsp3) is 0.371. The van der Waals surface area contributed by atoms with Gasteiger partial charge in [0.2, 0.25) is 11.8 Å². The molecule has 4 atom stereocenters. The molecular weight excluding hydrogens is 568 g/mol. The van der Waals surface area contributed by atoms with Crippen molar-refractivity contribution in [3.8, 4) is 0 Å². The molecule has 3 unspecified atom stereocenters. The Labute approximate surface area is 262 Å². The lowest BCUT2D eigenvalue weighted by molar-refractivity contribution is -0.141. The lowest BCUT2D eigenvalue weighted by atomic mass is 9.79. The van der Waals surface area contributed by atoms with Gasteiger partial charge in [-0.05, 0) is 74.4 Å². The number of hydrogen-bond donors (Lipinski definition) is 3. The van der Waals surface area contributed by atoms with Crippen LogP contribution in [0.15, 0.2) is 60.9 Å². The summed E-state index contributed by atoms with van der Waals surface area (Å²) in [5.41, 5.74) is 9.46. The van der Waals surface area contributed by atoms with Crippen LogP contribution in [0.2, 0.25) is 0 Å². The van der Waals surface area contributed by atoms with Crippen molar-refractivity contribution in [2.75, 3.05) is 18.4 Å². The zero-order chi connectivity index (χ0) is 31.6. The van der Waals surface area contributed by atoms with Crippen molar-refractivity contribution in [2.45, 2.75) is 68.9 Å². The number of unbranched alkanes of at least 4 members (excludes halogenated alkanes) is 2. The first-order chi connectivity index (χ1) is 21.8. The number of nitrogens with zero attached hydrogens (tertiary/aromatic N) is 3. The zero-order valence-corrected chi connectivity index (χ0v) is 25.4. The fourth-order valence-electron chi connectivity index (χ4n) is 6.99. The van der Waals surface area contributed by atoms with Gasteiger partial charge in [-0.1, -0.05) is 42.5 Å². The molecule has 6 rings (SSSR count). The molecule has 3 amide bonds. The van der Waals surface area contributed by atoms with Crippen LogP contribution >= 0.6 is 0 Å². The molecule has 232 valence electrons. The number of aromatic nitrogens is 2. The average molecular weight is 607 g/mol. The summed E-state index contributed by atoms with van der Waals surface area (Å²) in [6.07, 6.45) is 12.2. The van der Waals surface area contributed by atoms with Crippen molar-refractivity contribution in [3.05, 3.63) is 94.4 Å². The van der Waals surface area contributed by atoms with Gasteiger partial charge < -0.3 is 26.1 Å². The molecule has 1 saturated heterocycles. The van der Waals surface area contributed by atoms with Crippen LogP contribution in [0.3, 0.4) is 0 Å². The predicted molar refractivity (Wildman–Crippen MR) is 170 cm³/mol. The van der Waals surface area contributed by atoms with Gasteiger partial charge in [0.25, 0.3) is 5.91 Å². The molecule has 1 fully saturated rings. The van der Waals surface area contributed by atoms with E-state index in [1.54, 1.807) is 12.3 Å². The number of hydrogen-bond acceptors (Lipinski definition) is 7. The van der Waals surface area contributed by atoms with Crippen molar-refractivity contribution in [1.82, 2.24) is 20.2 Å². The number of carbonyl (C=O) groups is 4. The third-order valence-electron chi connectivity index (χ3n) is 9.46. The predicted octanol–water partition coefficient (Wildman–Crippen LogP) is 3.31. The van der Waals surface area contributed by atoms with Gasteiger partial charge in [0.1, 0.15) is 18.1 Å². The maximum atomic E-state index is 13.5. The Kier molecular flexibility index (Phi) is 8.58. The van der Waals surface area contributed by atoms with E-state index in [2.05, 4.69) is 26.7 Å². The van der Waals surface area contributed by atoms with Crippen LogP contribution in [0.1, 0.15) is 76.8 Å². The monoisotopic (exact) mass is 606 g/mol. The Hall–Kier alpha value is -4.70. The molecule has 0 bridgehead atoms. The molecule has 1 aromatic carbocycles. The summed E-state index contributed by atoms with van der Waals surface area (Å²) < 4.78 is 0. The number of fused-ring (bicyclic) bond motifs is 3. The van der Waals surface area contributed by atoms with E-state index in [0.29, 0.717) is 37.2 Å². The molecule has 0 saturated carbocycles. The van der Waals surface area contributed by atoms with Crippen LogP contribution in [0.25, 0.3) is 6.08 Å². The van der Waals surface area contributed by atoms with E-state index in [1.165, 1.54) is 11.1 Å². The number of piperidine rings is 1. The van der Waals surface area contributed by atoms with E-state index in [9.17, 15) is 19.2 Å². The Balaban J connectivity index is 1.20.